The second-order valence-corrected chi connectivity index (χ2v) is 7.15. The minimum absolute atomic E-state index is 0.0485. The van der Waals surface area contributed by atoms with Crippen molar-refractivity contribution in [1.29, 1.82) is 0 Å². The van der Waals surface area contributed by atoms with Crippen LogP contribution >= 0.6 is 0 Å². The molecule has 1 aromatic heterocycles. The Morgan fingerprint density at radius 2 is 1.78 bits per heavy atom. The molecule has 0 saturated heterocycles. The first-order valence-electron chi connectivity index (χ1n) is 9.71. The maximum absolute atomic E-state index is 12.3. The molecule has 4 heteroatoms. The van der Waals surface area contributed by atoms with E-state index in [0.29, 0.717) is 13.0 Å². The fraction of sp³-hybridized carbons (Fsp3) is 0.304. The van der Waals surface area contributed by atoms with Crippen LogP contribution in [0.15, 0.2) is 59.7 Å². The van der Waals surface area contributed by atoms with Crippen LogP contribution in [0, 0.1) is 0 Å². The molecule has 2 aromatic carbocycles. The van der Waals surface area contributed by atoms with Crippen LogP contribution in [-0.4, -0.2) is 16.2 Å². The zero-order chi connectivity index (χ0) is 18.6. The lowest BCUT2D eigenvalue weighted by molar-refractivity contribution is -0.121. The molecule has 0 fully saturated rings. The van der Waals surface area contributed by atoms with E-state index < -0.39 is 0 Å². The minimum atomic E-state index is -0.0485. The molecule has 0 aliphatic heterocycles. The van der Waals surface area contributed by atoms with Crippen molar-refractivity contribution >= 4 is 22.5 Å². The summed E-state index contributed by atoms with van der Waals surface area (Å²) >= 11 is 0. The summed E-state index contributed by atoms with van der Waals surface area (Å²) in [7, 11) is 0. The summed E-state index contributed by atoms with van der Waals surface area (Å²) in [5, 5.41) is 5.60. The molecule has 0 bridgehead atoms. The Morgan fingerprint density at radius 3 is 2.63 bits per heavy atom. The van der Waals surface area contributed by atoms with Gasteiger partial charge in [-0.1, -0.05) is 48.5 Å². The van der Waals surface area contributed by atoms with Gasteiger partial charge in [-0.3, -0.25) is 4.79 Å². The topological polar surface area (TPSA) is 46.4 Å². The van der Waals surface area contributed by atoms with Gasteiger partial charge < -0.3 is 4.57 Å². The first-order valence-corrected chi connectivity index (χ1v) is 9.71. The van der Waals surface area contributed by atoms with Gasteiger partial charge in [0.25, 0.3) is 0 Å². The minimum Gasteiger partial charge on any atom is -0.344 e. The highest BCUT2D eigenvalue weighted by Crippen LogP contribution is 2.32. The van der Waals surface area contributed by atoms with E-state index >= 15 is 0 Å². The number of nitrogens with zero attached hydrogens (tertiary/aromatic N) is 2. The van der Waals surface area contributed by atoms with Gasteiger partial charge in [0.1, 0.15) is 0 Å². The maximum Gasteiger partial charge on any atom is 0.241 e. The van der Waals surface area contributed by atoms with Crippen molar-refractivity contribution in [3.05, 3.63) is 71.4 Å². The number of rotatable bonds is 5. The Labute approximate surface area is 159 Å². The molecule has 0 saturated carbocycles. The van der Waals surface area contributed by atoms with Gasteiger partial charge >= 0.3 is 0 Å². The molecule has 138 valence electrons. The van der Waals surface area contributed by atoms with Gasteiger partial charge in [0, 0.05) is 29.6 Å². The average molecular weight is 359 g/mol. The highest BCUT2D eigenvalue weighted by atomic mass is 16.2. The largest absolute Gasteiger partial charge is 0.344 e. The van der Waals surface area contributed by atoms with Crippen LogP contribution in [0.2, 0.25) is 0 Å². The van der Waals surface area contributed by atoms with Gasteiger partial charge in [0.05, 0.1) is 5.71 Å². The first kappa shape index (κ1) is 17.5. The van der Waals surface area contributed by atoms with Crippen molar-refractivity contribution in [1.82, 2.24) is 9.99 Å². The van der Waals surface area contributed by atoms with Crippen molar-refractivity contribution in [2.24, 2.45) is 5.10 Å². The van der Waals surface area contributed by atoms with Crippen LogP contribution in [-0.2, 0) is 24.2 Å². The van der Waals surface area contributed by atoms with Crippen molar-refractivity contribution in [3.8, 4) is 0 Å². The number of carbonyl (C=O) groups excluding carboxylic acids is 1. The van der Waals surface area contributed by atoms with E-state index in [9.17, 15) is 4.79 Å². The third-order valence-electron chi connectivity index (χ3n) is 5.39. The van der Waals surface area contributed by atoms with Crippen LogP contribution in [0.4, 0.5) is 0 Å². The standard InChI is InChI=1S/C23H25N3O/c1-17(18-9-3-2-4-10-18)24-25-23(27)15-16-26-21-13-7-5-11-19(21)20-12-6-8-14-22(20)26/h2-5,7,9-11,13H,6,8,12,14-16H2,1H3,(H,25,27)/b24-17+. The number of benzene rings is 2. The Morgan fingerprint density at radius 1 is 1.04 bits per heavy atom. The highest BCUT2D eigenvalue weighted by Gasteiger charge is 2.19. The van der Waals surface area contributed by atoms with Crippen molar-refractivity contribution < 1.29 is 4.79 Å². The molecule has 0 atom stereocenters. The van der Waals surface area contributed by atoms with Gasteiger partial charge in [-0.25, -0.2) is 5.43 Å². The maximum atomic E-state index is 12.3. The molecule has 1 heterocycles. The van der Waals surface area contributed by atoms with Crippen LogP contribution in [0.3, 0.4) is 0 Å². The monoisotopic (exact) mass is 359 g/mol. The molecular formula is C23H25N3O. The zero-order valence-electron chi connectivity index (χ0n) is 15.7. The number of amides is 1. The van der Waals surface area contributed by atoms with Gasteiger partial charge in [-0.05, 0) is 49.8 Å². The lowest BCUT2D eigenvalue weighted by atomic mass is 9.95. The predicted octanol–water partition coefficient (Wildman–Crippen LogP) is 4.45. The number of hydrazone groups is 1. The zero-order valence-corrected chi connectivity index (χ0v) is 15.7. The molecule has 4 rings (SSSR count). The summed E-state index contributed by atoms with van der Waals surface area (Å²) in [5.74, 6) is -0.0485. The normalized spacial score (nSPS) is 14.2. The highest BCUT2D eigenvalue weighted by molar-refractivity contribution is 5.99. The number of nitrogens with one attached hydrogen (secondary N) is 1. The van der Waals surface area contributed by atoms with E-state index in [-0.39, 0.29) is 5.91 Å². The van der Waals surface area contributed by atoms with Gasteiger partial charge in [0.2, 0.25) is 5.91 Å². The molecule has 0 radical (unpaired) electrons. The lowest BCUT2D eigenvalue weighted by Gasteiger charge is -2.15. The molecule has 0 spiro atoms. The first-order chi connectivity index (χ1) is 13.2. The number of aromatic nitrogens is 1. The number of para-hydroxylation sites is 1. The van der Waals surface area contributed by atoms with Gasteiger partial charge in [-0.2, -0.15) is 5.10 Å². The molecule has 27 heavy (non-hydrogen) atoms. The molecule has 1 aliphatic rings. The molecule has 1 amide bonds. The van der Waals surface area contributed by atoms with Crippen molar-refractivity contribution in [2.75, 3.05) is 0 Å². The quantitative estimate of drug-likeness (QED) is 0.531. The fourth-order valence-corrected chi connectivity index (χ4v) is 4.00. The summed E-state index contributed by atoms with van der Waals surface area (Å²) in [5.41, 5.74) is 8.69. The Kier molecular flexibility index (Phi) is 5.05. The van der Waals surface area contributed by atoms with E-state index in [4.69, 9.17) is 0 Å². The average Bonchev–Trinajstić information content (AvgIpc) is 3.05. The molecule has 3 aromatic rings. The number of aryl methyl sites for hydroxylation is 2. The second-order valence-electron chi connectivity index (χ2n) is 7.15. The van der Waals surface area contributed by atoms with Gasteiger partial charge in [0.15, 0.2) is 0 Å². The molecule has 1 aliphatic carbocycles. The lowest BCUT2D eigenvalue weighted by Crippen LogP contribution is -2.21. The van der Waals surface area contributed by atoms with Crippen LogP contribution in [0.1, 0.15) is 43.0 Å². The third-order valence-corrected chi connectivity index (χ3v) is 5.39. The Hall–Kier alpha value is -2.88. The summed E-state index contributed by atoms with van der Waals surface area (Å²) < 4.78 is 2.34. The predicted molar refractivity (Wildman–Crippen MR) is 110 cm³/mol. The summed E-state index contributed by atoms with van der Waals surface area (Å²) in [6, 6.07) is 18.5. The summed E-state index contributed by atoms with van der Waals surface area (Å²) in [6.07, 6.45) is 5.17. The SMILES string of the molecule is C/C(=N\NC(=O)CCn1c2c(c3ccccc31)CCCC2)c1ccccc1. The van der Waals surface area contributed by atoms with E-state index in [1.165, 1.54) is 35.0 Å². The number of carbonyl (C=O) groups is 1. The van der Waals surface area contributed by atoms with Crippen molar-refractivity contribution in [3.63, 3.8) is 0 Å². The van der Waals surface area contributed by atoms with E-state index in [1.807, 2.05) is 37.3 Å². The number of hydrogen-bond acceptors (Lipinski definition) is 2. The second kappa shape index (κ2) is 7.78. The van der Waals surface area contributed by atoms with Crippen LogP contribution in [0.25, 0.3) is 10.9 Å². The smallest absolute Gasteiger partial charge is 0.241 e. The van der Waals surface area contributed by atoms with Crippen molar-refractivity contribution in [2.45, 2.75) is 45.6 Å². The Bertz CT molecular complexity index is 986. The van der Waals surface area contributed by atoms with E-state index in [1.54, 1.807) is 0 Å². The fourth-order valence-electron chi connectivity index (χ4n) is 4.00. The van der Waals surface area contributed by atoms with Crippen LogP contribution < -0.4 is 5.43 Å². The molecule has 4 nitrogen and oxygen atoms in total. The number of hydrogen-bond donors (Lipinski definition) is 1. The summed E-state index contributed by atoms with van der Waals surface area (Å²) in [4.78, 5) is 12.3. The van der Waals surface area contributed by atoms with E-state index in [2.05, 4.69) is 39.4 Å². The third kappa shape index (κ3) is 3.65. The molecule has 0 unspecified atom stereocenters. The van der Waals surface area contributed by atoms with E-state index in [0.717, 1.165) is 24.1 Å². The Balaban J connectivity index is 1.47. The number of fused-ring (bicyclic) bond motifs is 3. The summed E-state index contributed by atoms with van der Waals surface area (Å²) in [6.45, 7) is 2.60. The molecular weight excluding hydrogens is 334 g/mol. The van der Waals surface area contributed by atoms with Crippen LogP contribution in [0.5, 0.6) is 0 Å². The van der Waals surface area contributed by atoms with Gasteiger partial charge in [-0.15, -0.1) is 0 Å². The molecule has 1 N–H and O–H groups in total.